The largest absolute Gasteiger partial charge is 0.341 e. The normalized spacial score (nSPS) is 15.5. The quantitative estimate of drug-likeness (QED) is 0.692. The van der Waals surface area contributed by atoms with E-state index in [9.17, 15) is 4.79 Å². The molecule has 1 aliphatic heterocycles. The summed E-state index contributed by atoms with van der Waals surface area (Å²) in [6, 6.07) is 0. The Morgan fingerprint density at radius 3 is 2.65 bits per heavy atom. The second kappa shape index (κ2) is 9.06. The lowest BCUT2D eigenvalue weighted by molar-refractivity contribution is -0.130. The fourth-order valence-electron chi connectivity index (χ4n) is 2.44. The first-order valence-corrected chi connectivity index (χ1v) is 8.75. The summed E-state index contributed by atoms with van der Waals surface area (Å²) in [5, 5.41) is 0. The molecule has 0 aromatic carbocycles. The lowest BCUT2D eigenvalue weighted by Crippen LogP contribution is -2.37. The Morgan fingerprint density at radius 2 is 1.90 bits per heavy atom. The first kappa shape index (κ1) is 15.4. The SMILES string of the molecule is O=C(CCCCCCCn1c[c]nc1)N1CCSCC1. The third-order valence-electron chi connectivity index (χ3n) is 3.67. The molecule has 1 amide bonds. The summed E-state index contributed by atoms with van der Waals surface area (Å²) in [7, 11) is 0. The molecule has 0 spiro atoms. The number of amides is 1. The van der Waals surface area contributed by atoms with Crippen LogP contribution in [-0.4, -0.2) is 45.0 Å². The number of hydrogen-bond acceptors (Lipinski definition) is 3. The summed E-state index contributed by atoms with van der Waals surface area (Å²) in [6.07, 6.45) is 13.1. The van der Waals surface area contributed by atoms with Gasteiger partial charge in [0.1, 0.15) is 6.20 Å². The zero-order chi connectivity index (χ0) is 14.0. The number of carbonyl (C=O) groups excluding carboxylic acids is 1. The second-order valence-corrected chi connectivity index (χ2v) is 6.48. The molecule has 20 heavy (non-hydrogen) atoms. The van der Waals surface area contributed by atoms with Gasteiger partial charge in [0.2, 0.25) is 5.91 Å². The van der Waals surface area contributed by atoms with Crippen LogP contribution in [0.4, 0.5) is 0 Å². The maximum atomic E-state index is 11.9. The summed E-state index contributed by atoms with van der Waals surface area (Å²) < 4.78 is 2.07. The van der Waals surface area contributed by atoms with Crippen molar-refractivity contribution in [1.29, 1.82) is 0 Å². The Labute approximate surface area is 125 Å². The molecular weight excluding hydrogens is 270 g/mol. The highest BCUT2D eigenvalue weighted by molar-refractivity contribution is 7.99. The summed E-state index contributed by atoms with van der Waals surface area (Å²) in [5.74, 6) is 2.58. The average Bonchev–Trinajstić information content (AvgIpc) is 3.00. The summed E-state index contributed by atoms with van der Waals surface area (Å²) in [5.41, 5.74) is 0. The molecule has 1 aliphatic rings. The van der Waals surface area contributed by atoms with Crippen molar-refractivity contribution in [2.75, 3.05) is 24.6 Å². The molecule has 0 unspecified atom stereocenters. The predicted octanol–water partition coefficient (Wildman–Crippen LogP) is 2.60. The van der Waals surface area contributed by atoms with Crippen molar-refractivity contribution in [3.8, 4) is 0 Å². The molecule has 1 saturated heterocycles. The van der Waals surface area contributed by atoms with E-state index in [2.05, 4.69) is 15.7 Å². The van der Waals surface area contributed by atoms with E-state index in [1.807, 2.05) is 29.2 Å². The smallest absolute Gasteiger partial charge is 0.222 e. The standard InChI is InChI=1S/C15H24N3OS/c19-15(18-10-12-20-13-11-18)6-4-2-1-3-5-8-17-9-7-16-14-17/h9,14H,1-6,8,10-13H2. The fraction of sp³-hybridized carbons (Fsp3) is 0.733. The van der Waals surface area contributed by atoms with Crippen molar-refractivity contribution in [3.63, 3.8) is 0 Å². The van der Waals surface area contributed by atoms with Gasteiger partial charge in [-0.15, -0.1) is 0 Å². The molecule has 1 radical (unpaired) electrons. The average molecular weight is 294 g/mol. The number of hydrogen-bond donors (Lipinski definition) is 0. The molecule has 1 fully saturated rings. The van der Waals surface area contributed by atoms with E-state index in [0.29, 0.717) is 5.91 Å². The molecule has 0 bridgehead atoms. The third kappa shape index (κ3) is 5.57. The fourth-order valence-corrected chi connectivity index (χ4v) is 3.35. The van der Waals surface area contributed by atoms with Crippen LogP contribution in [0.5, 0.6) is 0 Å². The highest BCUT2D eigenvalue weighted by Crippen LogP contribution is 2.12. The number of imidazole rings is 1. The molecule has 1 aromatic rings. The summed E-state index contributed by atoms with van der Waals surface area (Å²) in [4.78, 5) is 17.9. The topological polar surface area (TPSA) is 38.1 Å². The zero-order valence-corrected chi connectivity index (χ0v) is 12.9. The second-order valence-electron chi connectivity index (χ2n) is 5.25. The van der Waals surface area contributed by atoms with E-state index >= 15 is 0 Å². The van der Waals surface area contributed by atoms with Crippen molar-refractivity contribution in [1.82, 2.24) is 14.5 Å². The molecular formula is C15H24N3OS. The van der Waals surface area contributed by atoms with Crippen molar-refractivity contribution < 1.29 is 4.79 Å². The van der Waals surface area contributed by atoms with Crippen LogP contribution in [0.2, 0.25) is 0 Å². The Hall–Kier alpha value is -0.970. The van der Waals surface area contributed by atoms with E-state index < -0.39 is 0 Å². The molecule has 2 rings (SSSR count). The minimum atomic E-state index is 0.360. The molecule has 111 valence electrons. The predicted molar refractivity (Wildman–Crippen MR) is 82.7 cm³/mol. The maximum absolute atomic E-state index is 11.9. The van der Waals surface area contributed by atoms with Crippen LogP contribution in [0.15, 0.2) is 12.5 Å². The Kier molecular flexibility index (Phi) is 6.98. The molecule has 5 heteroatoms. The van der Waals surface area contributed by atoms with Crippen LogP contribution < -0.4 is 0 Å². The first-order valence-electron chi connectivity index (χ1n) is 7.59. The maximum Gasteiger partial charge on any atom is 0.222 e. The van der Waals surface area contributed by atoms with Crippen LogP contribution in [0.3, 0.4) is 0 Å². The van der Waals surface area contributed by atoms with Gasteiger partial charge in [0, 0.05) is 43.8 Å². The van der Waals surface area contributed by atoms with Gasteiger partial charge in [-0.1, -0.05) is 19.3 Å². The van der Waals surface area contributed by atoms with Gasteiger partial charge in [-0.2, -0.15) is 11.8 Å². The Bertz CT molecular complexity index is 374. The third-order valence-corrected chi connectivity index (χ3v) is 4.62. The number of nitrogens with zero attached hydrogens (tertiary/aromatic N) is 3. The van der Waals surface area contributed by atoms with Crippen LogP contribution >= 0.6 is 11.8 Å². The molecule has 0 saturated carbocycles. The zero-order valence-electron chi connectivity index (χ0n) is 12.1. The van der Waals surface area contributed by atoms with E-state index in [1.165, 1.54) is 25.7 Å². The lowest BCUT2D eigenvalue weighted by Gasteiger charge is -2.26. The number of unbranched alkanes of at least 4 members (excludes halogenated alkanes) is 4. The number of carbonyl (C=O) groups is 1. The summed E-state index contributed by atoms with van der Waals surface area (Å²) in [6.45, 7) is 2.93. The van der Waals surface area contributed by atoms with Crippen LogP contribution in [-0.2, 0) is 11.3 Å². The molecule has 0 aliphatic carbocycles. The first-order chi connectivity index (χ1) is 9.86. The van der Waals surface area contributed by atoms with Gasteiger partial charge in [-0.25, -0.2) is 4.98 Å². The monoisotopic (exact) mass is 294 g/mol. The van der Waals surface area contributed by atoms with Gasteiger partial charge in [-0.3, -0.25) is 4.79 Å². The molecule has 1 aromatic heterocycles. The van der Waals surface area contributed by atoms with Gasteiger partial charge < -0.3 is 9.47 Å². The van der Waals surface area contributed by atoms with Crippen LogP contribution in [0.1, 0.15) is 38.5 Å². The highest BCUT2D eigenvalue weighted by Gasteiger charge is 2.15. The lowest BCUT2D eigenvalue weighted by atomic mass is 10.1. The number of rotatable bonds is 8. The van der Waals surface area contributed by atoms with E-state index in [0.717, 1.165) is 44.0 Å². The van der Waals surface area contributed by atoms with Gasteiger partial charge in [0.05, 0.1) is 6.33 Å². The minimum Gasteiger partial charge on any atom is -0.341 e. The minimum absolute atomic E-state index is 0.360. The van der Waals surface area contributed by atoms with E-state index in [1.54, 1.807) is 0 Å². The molecule has 0 atom stereocenters. The van der Waals surface area contributed by atoms with Crippen LogP contribution in [0.25, 0.3) is 0 Å². The number of aromatic nitrogens is 2. The number of aryl methyl sites for hydroxylation is 1. The van der Waals surface area contributed by atoms with Crippen LogP contribution in [0, 0.1) is 6.20 Å². The van der Waals surface area contributed by atoms with Crippen molar-refractivity contribution >= 4 is 17.7 Å². The highest BCUT2D eigenvalue weighted by atomic mass is 32.2. The van der Waals surface area contributed by atoms with Crippen molar-refractivity contribution in [3.05, 3.63) is 18.7 Å². The van der Waals surface area contributed by atoms with Gasteiger partial charge in [0.15, 0.2) is 0 Å². The van der Waals surface area contributed by atoms with Crippen molar-refractivity contribution in [2.45, 2.75) is 45.1 Å². The Morgan fingerprint density at radius 1 is 1.15 bits per heavy atom. The molecule has 4 nitrogen and oxygen atoms in total. The molecule has 0 N–H and O–H groups in total. The van der Waals surface area contributed by atoms with E-state index in [4.69, 9.17) is 0 Å². The number of thioether (sulfide) groups is 1. The van der Waals surface area contributed by atoms with Gasteiger partial charge in [0.25, 0.3) is 0 Å². The molecule has 2 heterocycles. The van der Waals surface area contributed by atoms with E-state index in [-0.39, 0.29) is 0 Å². The van der Waals surface area contributed by atoms with Gasteiger partial charge in [-0.05, 0) is 12.8 Å². The van der Waals surface area contributed by atoms with Crippen molar-refractivity contribution in [2.24, 2.45) is 0 Å². The summed E-state index contributed by atoms with van der Waals surface area (Å²) >= 11 is 1.95. The van der Waals surface area contributed by atoms with Gasteiger partial charge >= 0.3 is 0 Å². The Balaban J connectivity index is 1.44.